The van der Waals surface area contributed by atoms with Gasteiger partial charge in [-0.3, -0.25) is 4.79 Å². The zero-order valence-electron chi connectivity index (χ0n) is 10.2. The van der Waals surface area contributed by atoms with Gasteiger partial charge in [-0.2, -0.15) is 0 Å². The number of hydrogen-bond donors (Lipinski definition) is 0. The molecule has 0 atom stereocenters. The molecular formula is C12H24N2O. The van der Waals surface area contributed by atoms with Crippen LogP contribution in [0.1, 0.15) is 32.6 Å². The maximum absolute atomic E-state index is 11.1. The smallest absolute Gasteiger partial charge is 0.132 e. The van der Waals surface area contributed by atoms with Gasteiger partial charge < -0.3 is 9.80 Å². The summed E-state index contributed by atoms with van der Waals surface area (Å²) in [7, 11) is 2.18. The van der Waals surface area contributed by atoms with Crippen LogP contribution in [0.15, 0.2) is 0 Å². The topological polar surface area (TPSA) is 23.6 Å². The molecule has 0 spiro atoms. The number of nitrogens with zero attached hydrogens (tertiary/aromatic N) is 2. The number of carbonyl (C=O) groups excluding carboxylic acids is 1. The predicted octanol–water partition coefficient (Wildman–Crippen LogP) is 1.38. The zero-order chi connectivity index (χ0) is 11.1. The summed E-state index contributed by atoms with van der Waals surface area (Å²) in [5.74, 6) is 0.405. The van der Waals surface area contributed by atoms with Gasteiger partial charge in [0.25, 0.3) is 0 Å². The molecule has 0 aromatic carbocycles. The molecule has 0 amide bonds. The van der Waals surface area contributed by atoms with E-state index in [-0.39, 0.29) is 0 Å². The van der Waals surface area contributed by atoms with Crippen molar-refractivity contribution in [1.82, 2.24) is 9.80 Å². The normalized spacial score (nSPS) is 20.1. The first-order valence-electron chi connectivity index (χ1n) is 6.15. The Labute approximate surface area is 93.4 Å². The van der Waals surface area contributed by atoms with Crippen molar-refractivity contribution < 1.29 is 4.79 Å². The lowest BCUT2D eigenvalue weighted by Crippen LogP contribution is -2.30. The Kier molecular flexibility index (Phi) is 5.88. The van der Waals surface area contributed by atoms with E-state index in [1.807, 2.05) is 6.92 Å². The van der Waals surface area contributed by atoms with Crippen LogP contribution in [-0.4, -0.2) is 55.4 Å². The number of hydrogen-bond acceptors (Lipinski definition) is 3. The fourth-order valence-corrected chi connectivity index (χ4v) is 2.00. The third-order valence-corrected chi connectivity index (χ3v) is 3.14. The quantitative estimate of drug-likeness (QED) is 0.688. The molecule has 1 rings (SSSR count). The highest BCUT2D eigenvalue weighted by atomic mass is 16.1. The summed E-state index contributed by atoms with van der Waals surface area (Å²) in [5, 5.41) is 0. The molecule has 1 aliphatic heterocycles. The maximum atomic E-state index is 11.1. The second-order valence-corrected chi connectivity index (χ2v) is 4.49. The van der Waals surface area contributed by atoms with Gasteiger partial charge in [-0.15, -0.1) is 0 Å². The molecule has 0 saturated carbocycles. The maximum Gasteiger partial charge on any atom is 0.132 e. The van der Waals surface area contributed by atoms with Crippen LogP contribution in [0.25, 0.3) is 0 Å². The van der Waals surface area contributed by atoms with Gasteiger partial charge in [0, 0.05) is 25.9 Å². The molecule has 0 aromatic rings. The molecule has 1 saturated heterocycles. The van der Waals surface area contributed by atoms with Crippen LogP contribution in [-0.2, 0) is 4.79 Å². The van der Waals surface area contributed by atoms with Crippen LogP contribution in [0, 0.1) is 0 Å². The fourth-order valence-electron chi connectivity index (χ4n) is 2.00. The number of likely N-dealkylation sites (N-methyl/N-ethyl adjacent to an activating group) is 1. The van der Waals surface area contributed by atoms with E-state index >= 15 is 0 Å². The Morgan fingerprint density at radius 3 is 2.73 bits per heavy atom. The van der Waals surface area contributed by atoms with Crippen molar-refractivity contribution in [2.45, 2.75) is 32.6 Å². The van der Waals surface area contributed by atoms with Crippen LogP contribution in [0.4, 0.5) is 0 Å². The van der Waals surface area contributed by atoms with Crippen LogP contribution >= 0.6 is 0 Å². The van der Waals surface area contributed by atoms with Crippen molar-refractivity contribution >= 4 is 5.78 Å². The third kappa shape index (κ3) is 5.28. The SMILES string of the molecule is CCC(=O)CCCN1CCCN(C)CC1. The van der Waals surface area contributed by atoms with Crippen molar-refractivity contribution in [2.24, 2.45) is 0 Å². The number of carbonyl (C=O) groups is 1. The molecule has 0 bridgehead atoms. The van der Waals surface area contributed by atoms with E-state index in [2.05, 4.69) is 16.8 Å². The molecule has 1 fully saturated rings. The molecule has 88 valence electrons. The minimum atomic E-state index is 0.405. The molecule has 0 radical (unpaired) electrons. The van der Waals surface area contributed by atoms with E-state index in [4.69, 9.17) is 0 Å². The van der Waals surface area contributed by atoms with Gasteiger partial charge in [0.1, 0.15) is 5.78 Å². The summed E-state index contributed by atoms with van der Waals surface area (Å²) in [4.78, 5) is 16.0. The van der Waals surface area contributed by atoms with E-state index in [0.29, 0.717) is 12.2 Å². The van der Waals surface area contributed by atoms with Gasteiger partial charge in [-0.05, 0) is 39.5 Å². The van der Waals surface area contributed by atoms with Crippen LogP contribution in [0.2, 0.25) is 0 Å². The molecule has 0 N–H and O–H groups in total. The zero-order valence-corrected chi connectivity index (χ0v) is 10.2. The van der Waals surface area contributed by atoms with Gasteiger partial charge in [0.2, 0.25) is 0 Å². The molecule has 0 unspecified atom stereocenters. The first-order chi connectivity index (χ1) is 7.22. The van der Waals surface area contributed by atoms with Crippen LogP contribution < -0.4 is 0 Å². The molecular weight excluding hydrogens is 188 g/mol. The predicted molar refractivity (Wildman–Crippen MR) is 63.1 cm³/mol. The number of ketones is 1. The number of rotatable bonds is 5. The molecule has 0 aliphatic carbocycles. The first-order valence-corrected chi connectivity index (χ1v) is 6.15. The Hall–Kier alpha value is -0.410. The highest BCUT2D eigenvalue weighted by Gasteiger charge is 2.11. The van der Waals surface area contributed by atoms with Crippen LogP contribution in [0.5, 0.6) is 0 Å². The molecule has 1 aliphatic rings. The van der Waals surface area contributed by atoms with Crippen molar-refractivity contribution in [3.8, 4) is 0 Å². The van der Waals surface area contributed by atoms with Crippen LogP contribution in [0.3, 0.4) is 0 Å². The van der Waals surface area contributed by atoms with E-state index < -0.39 is 0 Å². The summed E-state index contributed by atoms with van der Waals surface area (Å²) in [6.07, 6.45) is 3.76. The highest BCUT2D eigenvalue weighted by molar-refractivity contribution is 5.77. The standard InChI is InChI=1S/C12H24N2O/c1-3-12(15)6-4-8-14-9-5-7-13(2)10-11-14/h3-11H2,1-2H3. The van der Waals surface area contributed by atoms with Crippen molar-refractivity contribution in [2.75, 3.05) is 39.8 Å². The highest BCUT2D eigenvalue weighted by Crippen LogP contribution is 2.03. The lowest BCUT2D eigenvalue weighted by Gasteiger charge is -2.19. The summed E-state index contributed by atoms with van der Waals surface area (Å²) in [6.45, 7) is 7.79. The minimum absolute atomic E-state index is 0.405. The largest absolute Gasteiger partial charge is 0.305 e. The molecule has 3 heteroatoms. The summed E-state index contributed by atoms with van der Waals surface area (Å²) < 4.78 is 0. The monoisotopic (exact) mass is 212 g/mol. The van der Waals surface area contributed by atoms with Crippen molar-refractivity contribution in [1.29, 1.82) is 0 Å². The van der Waals surface area contributed by atoms with E-state index in [1.165, 1.54) is 26.1 Å². The van der Waals surface area contributed by atoms with Gasteiger partial charge >= 0.3 is 0 Å². The second-order valence-electron chi connectivity index (χ2n) is 4.49. The average molecular weight is 212 g/mol. The Balaban J connectivity index is 2.12. The minimum Gasteiger partial charge on any atom is -0.305 e. The molecule has 15 heavy (non-hydrogen) atoms. The lowest BCUT2D eigenvalue weighted by molar-refractivity contribution is -0.118. The summed E-state index contributed by atoms with van der Waals surface area (Å²) >= 11 is 0. The van der Waals surface area contributed by atoms with Crippen molar-refractivity contribution in [3.63, 3.8) is 0 Å². The second kappa shape index (κ2) is 6.96. The Morgan fingerprint density at radius 1 is 1.20 bits per heavy atom. The average Bonchev–Trinajstić information content (AvgIpc) is 2.43. The van der Waals surface area contributed by atoms with E-state index in [1.54, 1.807) is 0 Å². The van der Waals surface area contributed by atoms with E-state index in [9.17, 15) is 4.79 Å². The summed E-state index contributed by atoms with van der Waals surface area (Å²) in [6, 6.07) is 0. The summed E-state index contributed by atoms with van der Waals surface area (Å²) in [5.41, 5.74) is 0. The fraction of sp³-hybridized carbons (Fsp3) is 0.917. The Bertz CT molecular complexity index is 194. The molecule has 0 aromatic heterocycles. The lowest BCUT2D eigenvalue weighted by atomic mass is 10.2. The number of Topliss-reactive ketones (excluding diaryl/α,β-unsaturated/α-hetero) is 1. The van der Waals surface area contributed by atoms with Crippen molar-refractivity contribution in [3.05, 3.63) is 0 Å². The van der Waals surface area contributed by atoms with Gasteiger partial charge in [-0.1, -0.05) is 6.92 Å². The van der Waals surface area contributed by atoms with Gasteiger partial charge in [-0.25, -0.2) is 0 Å². The van der Waals surface area contributed by atoms with Gasteiger partial charge in [0.15, 0.2) is 0 Å². The third-order valence-electron chi connectivity index (χ3n) is 3.14. The molecule has 3 nitrogen and oxygen atoms in total. The first kappa shape index (κ1) is 12.7. The molecule has 1 heterocycles. The Morgan fingerprint density at radius 2 is 2.00 bits per heavy atom. The van der Waals surface area contributed by atoms with Gasteiger partial charge in [0.05, 0.1) is 0 Å². The van der Waals surface area contributed by atoms with E-state index in [0.717, 1.165) is 25.9 Å².